The van der Waals surface area contributed by atoms with Crippen molar-refractivity contribution in [3.8, 4) is 11.5 Å². The van der Waals surface area contributed by atoms with Gasteiger partial charge in [-0.25, -0.2) is 0 Å². The van der Waals surface area contributed by atoms with Crippen LogP contribution in [-0.4, -0.2) is 51.7 Å². The maximum atomic E-state index is 12.4. The number of hydrogen-bond acceptors (Lipinski definition) is 6. The first kappa shape index (κ1) is 26.3. The molecule has 3 aromatic carbocycles. The van der Waals surface area contributed by atoms with Crippen molar-refractivity contribution >= 4 is 17.8 Å². The summed E-state index contributed by atoms with van der Waals surface area (Å²) in [6.45, 7) is -0.391. The van der Waals surface area contributed by atoms with E-state index in [0.29, 0.717) is 24.5 Å². The molecule has 0 aliphatic rings. The average Bonchev–Trinajstić information content (AvgIpc) is 2.93. The number of nitrogens with one attached hydrogen (secondary N) is 2. The number of esters is 1. The largest absolute Gasteiger partial charge is 0.497 e. The first-order chi connectivity index (χ1) is 17.5. The van der Waals surface area contributed by atoms with Gasteiger partial charge in [0.1, 0.15) is 18.0 Å². The van der Waals surface area contributed by atoms with E-state index in [1.165, 1.54) is 26.4 Å². The van der Waals surface area contributed by atoms with Crippen molar-refractivity contribution < 1.29 is 28.6 Å². The Morgan fingerprint density at radius 3 is 1.86 bits per heavy atom. The second-order valence-electron chi connectivity index (χ2n) is 7.96. The van der Waals surface area contributed by atoms with Crippen LogP contribution < -0.4 is 20.1 Å². The zero-order valence-electron chi connectivity index (χ0n) is 20.4. The molecule has 2 N–H and O–H groups in total. The molecule has 0 saturated carbocycles. The van der Waals surface area contributed by atoms with Crippen LogP contribution in [0.2, 0.25) is 0 Å². The third-order valence-electron chi connectivity index (χ3n) is 5.53. The molecule has 0 aliphatic heterocycles. The van der Waals surface area contributed by atoms with Gasteiger partial charge in [0, 0.05) is 24.1 Å². The highest BCUT2D eigenvalue weighted by Gasteiger charge is 2.16. The number of methoxy groups -OCH3 is 2. The molecule has 2 amide bonds. The smallest absolute Gasteiger partial charge is 0.325 e. The molecule has 0 radical (unpaired) electrons. The van der Waals surface area contributed by atoms with Gasteiger partial charge in [0.15, 0.2) is 6.61 Å². The second kappa shape index (κ2) is 13.5. The van der Waals surface area contributed by atoms with E-state index < -0.39 is 24.4 Å². The molecule has 0 aliphatic carbocycles. The van der Waals surface area contributed by atoms with Crippen molar-refractivity contribution in [1.82, 2.24) is 10.6 Å². The zero-order valence-corrected chi connectivity index (χ0v) is 20.4. The van der Waals surface area contributed by atoms with Gasteiger partial charge in [0.05, 0.1) is 14.2 Å². The molecule has 0 saturated heterocycles. The summed E-state index contributed by atoms with van der Waals surface area (Å²) in [5.41, 5.74) is 2.59. The van der Waals surface area contributed by atoms with E-state index in [4.69, 9.17) is 14.2 Å². The fourth-order valence-corrected chi connectivity index (χ4v) is 3.69. The number of benzene rings is 3. The van der Waals surface area contributed by atoms with E-state index in [0.717, 1.165) is 11.1 Å². The SMILES string of the molecule is COc1cc(OC)cc(C(=O)NCC(=O)OCC(=O)NCCC(c2ccccc2)c2ccccc2)c1. The first-order valence-corrected chi connectivity index (χ1v) is 11.5. The summed E-state index contributed by atoms with van der Waals surface area (Å²) in [7, 11) is 2.95. The maximum absolute atomic E-state index is 12.4. The molecule has 36 heavy (non-hydrogen) atoms. The third kappa shape index (κ3) is 7.87. The normalized spacial score (nSPS) is 10.4. The standard InChI is InChI=1S/C28H30N2O6/c1-34-23-15-22(16-24(17-23)35-2)28(33)30-18-27(32)36-19-26(31)29-14-13-25(20-9-5-3-6-10-20)21-11-7-4-8-12-21/h3-12,15-17,25H,13-14,18-19H2,1-2H3,(H,29,31)(H,30,33). The quantitative estimate of drug-likeness (QED) is 0.378. The lowest BCUT2D eigenvalue weighted by atomic mass is 9.88. The van der Waals surface area contributed by atoms with E-state index >= 15 is 0 Å². The molecule has 0 aromatic heterocycles. The summed E-state index contributed by atoms with van der Waals surface area (Å²) in [5.74, 6) is -0.616. The Morgan fingerprint density at radius 2 is 1.33 bits per heavy atom. The Bertz CT molecular complexity index is 1090. The molecule has 3 rings (SSSR count). The molecule has 0 bridgehead atoms. The minimum Gasteiger partial charge on any atom is -0.497 e. The summed E-state index contributed by atoms with van der Waals surface area (Å²) < 4.78 is 15.3. The molecule has 0 atom stereocenters. The van der Waals surface area contributed by atoms with E-state index in [1.807, 2.05) is 36.4 Å². The zero-order chi connectivity index (χ0) is 25.8. The van der Waals surface area contributed by atoms with Gasteiger partial charge in [-0.3, -0.25) is 14.4 Å². The summed E-state index contributed by atoms with van der Waals surface area (Å²) in [6.07, 6.45) is 0.688. The van der Waals surface area contributed by atoms with E-state index in [1.54, 1.807) is 6.07 Å². The van der Waals surface area contributed by atoms with Crippen molar-refractivity contribution in [2.45, 2.75) is 12.3 Å². The van der Waals surface area contributed by atoms with Gasteiger partial charge in [0.25, 0.3) is 11.8 Å². The van der Waals surface area contributed by atoms with E-state index in [-0.39, 0.29) is 18.0 Å². The predicted octanol–water partition coefficient (Wildman–Crippen LogP) is 3.32. The molecule has 8 heteroatoms. The molecule has 0 fully saturated rings. The molecular formula is C28H30N2O6. The number of carbonyl (C=O) groups excluding carboxylic acids is 3. The van der Waals surface area contributed by atoms with Gasteiger partial charge < -0.3 is 24.8 Å². The Kier molecular flexibility index (Phi) is 9.88. The summed E-state index contributed by atoms with van der Waals surface area (Å²) in [5, 5.41) is 5.26. The predicted molar refractivity (Wildman–Crippen MR) is 135 cm³/mol. The second-order valence-corrected chi connectivity index (χ2v) is 7.96. The molecule has 0 unspecified atom stereocenters. The van der Waals surface area contributed by atoms with Crippen molar-refractivity contribution in [2.24, 2.45) is 0 Å². The lowest BCUT2D eigenvalue weighted by molar-refractivity contribution is -0.147. The van der Waals surface area contributed by atoms with Crippen molar-refractivity contribution in [3.63, 3.8) is 0 Å². The van der Waals surface area contributed by atoms with Crippen LogP contribution >= 0.6 is 0 Å². The van der Waals surface area contributed by atoms with Crippen molar-refractivity contribution in [3.05, 3.63) is 95.6 Å². The topological polar surface area (TPSA) is 103 Å². The fraction of sp³-hybridized carbons (Fsp3) is 0.250. The number of rotatable bonds is 12. The Balaban J connectivity index is 1.43. The van der Waals surface area contributed by atoms with Crippen molar-refractivity contribution in [2.75, 3.05) is 33.9 Å². The highest BCUT2D eigenvalue weighted by molar-refractivity contribution is 5.96. The Hall–Kier alpha value is -4.33. The van der Waals surface area contributed by atoms with Gasteiger partial charge in [0.2, 0.25) is 0 Å². The highest BCUT2D eigenvalue weighted by atomic mass is 16.5. The van der Waals surface area contributed by atoms with Crippen LogP contribution in [0.25, 0.3) is 0 Å². The molecular weight excluding hydrogens is 460 g/mol. The lowest BCUT2D eigenvalue weighted by Gasteiger charge is -2.18. The summed E-state index contributed by atoms with van der Waals surface area (Å²) in [4.78, 5) is 36.6. The van der Waals surface area contributed by atoms with Crippen LogP contribution in [0.5, 0.6) is 11.5 Å². The van der Waals surface area contributed by atoms with Crippen molar-refractivity contribution in [1.29, 1.82) is 0 Å². The number of amides is 2. The minimum absolute atomic E-state index is 0.126. The Labute approximate surface area is 210 Å². The third-order valence-corrected chi connectivity index (χ3v) is 5.53. The first-order valence-electron chi connectivity index (χ1n) is 11.5. The van der Waals surface area contributed by atoms with Gasteiger partial charge in [-0.2, -0.15) is 0 Å². The summed E-state index contributed by atoms with van der Waals surface area (Å²) >= 11 is 0. The van der Waals surface area contributed by atoms with Crippen LogP contribution in [0, 0.1) is 0 Å². The fourth-order valence-electron chi connectivity index (χ4n) is 3.69. The molecule has 0 spiro atoms. The number of hydrogen-bond donors (Lipinski definition) is 2. The van der Waals surface area contributed by atoms with Gasteiger partial charge in [-0.1, -0.05) is 60.7 Å². The summed E-state index contributed by atoms with van der Waals surface area (Å²) in [6, 6.07) is 24.9. The minimum atomic E-state index is -0.722. The van der Waals surface area contributed by atoms with Crippen LogP contribution in [0.4, 0.5) is 0 Å². The average molecular weight is 491 g/mol. The molecule has 8 nitrogen and oxygen atoms in total. The van der Waals surface area contributed by atoms with Gasteiger partial charge in [-0.15, -0.1) is 0 Å². The van der Waals surface area contributed by atoms with E-state index in [2.05, 4.69) is 34.9 Å². The van der Waals surface area contributed by atoms with Crippen LogP contribution in [0.3, 0.4) is 0 Å². The molecule has 0 heterocycles. The van der Waals surface area contributed by atoms with Gasteiger partial charge in [-0.05, 0) is 29.7 Å². The Morgan fingerprint density at radius 1 is 0.778 bits per heavy atom. The van der Waals surface area contributed by atoms with Gasteiger partial charge >= 0.3 is 5.97 Å². The maximum Gasteiger partial charge on any atom is 0.325 e. The number of carbonyl (C=O) groups is 3. The van der Waals surface area contributed by atoms with E-state index in [9.17, 15) is 14.4 Å². The van der Waals surface area contributed by atoms with Crippen LogP contribution in [0.15, 0.2) is 78.9 Å². The van der Waals surface area contributed by atoms with Crippen LogP contribution in [0.1, 0.15) is 33.8 Å². The lowest BCUT2D eigenvalue weighted by Crippen LogP contribution is -2.34. The van der Waals surface area contributed by atoms with Crippen LogP contribution in [-0.2, 0) is 14.3 Å². The molecule has 188 valence electrons. The monoisotopic (exact) mass is 490 g/mol. The number of ether oxygens (including phenoxy) is 3. The highest BCUT2D eigenvalue weighted by Crippen LogP contribution is 2.27. The molecule has 3 aromatic rings.